The zero-order chi connectivity index (χ0) is 8.69. The third kappa shape index (κ3) is 4.37. The van der Waals surface area contributed by atoms with Gasteiger partial charge in [0, 0.05) is 7.11 Å². The van der Waals surface area contributed by atoms with Crippen molar-refractivity contribution in [1.29, 1.82) is 0 Å². The molecule has 4 heteroatoms. The van der Waals surface area contributed by atoms with Crippen molar-refractivity contribution in [3.05, 3.63) is 0 Å². The highest BCUT2D eigenvalue weighted by atomic mass is 16.5. The summed E-state index contributed by atoms with van der Waals surface area (Å²) in [6.45, 7) is 0.0746. The normalized spacial score (nSPS) is 11.7. The van der Waals surface area contributed by atoms with Gasteiger partial charge in [0.1, 0.15) is 0 Å². The molecule has 0 fully saturated rings. The third-order valence-corrected chi connectivity index (χ3v) is 1.05. The summed E-state index contributed by atoms with van der Waals surface area (Å²) in [6.07, 6.45) is 4.79. The lowest BCUT2D eigenvalue weighted by atomic mass is 10.3. The second-order valence-electron chi connectivity index (χ2n) is 1.95. The van der Waals surface area contributed by atoms with Gasteiger partial charge in [0.25, 0.3) is 5.91 Å². The Balaban J connectivity index is 3.70. The summed E-state index contributed by atoms with van der Waals surface area (Å²) < 4.78 is 4.70. The van der Waals surface area contributed by atoms with Gasteiger partial charge in [0.15, 0.2) is 0 Å². The van der Waals surface area contributed by atoms with Crippen LogP contribution >= 0.6 is 0 Å². The van der Waals surface area contributed by atoms with Gasteiger partial charge in [-0.1, -0.05) is 0 Å². The van der Waals surface area contributed by atoms with E-state index in [0.717, 1.165) is 0 Å². The van der Waals surface area contributed by atoms with Crippen molar-refractivity contribution in [3.63, 3.8) is 0 Å². The topological polar surface area (TPSA) is 58.6 Å². The third-order valence-electron chi connectivity index (χ3n) is 1.05. The highest BCUT2D eigenvalue weighted by Crippen LogP contribution is 1.82. The standard InChI is InChI=1S/C7H11NO3/c1-3-7(10)8-6(4-9)5-11-2/h1,6,9H,4-5H2,2H3,(H,8,10). The molecule has 0 rings (SSSR count). The molecule has 0 aliphatic heterocycles. The largest absolute Gasteiger partial charge is 0.394 e. The summed E-state index contributed by atoms with van der Waals surface area (Å²) in [6, 6.07) is -0.413. The molecule has 0 heterocycles. The van der Waals surface area contributed by atoms with E-state index in [2.05, 4.69) is 5.32 Å². The molecule has 1 unspecified atom stereocenters. The monoisotopic (exact) mass is 157 g/mol. The number of carbonyl (C=O) groups is 1. The zero-order valence-electron chi connectivity index (χ0n) is 6.33. The number of aliphatic hydroxyl groups is 1. The minimum Gasteiger partial charge on any atom is -0.394 e. The minimum atomic E-state index is -0.541. The number of methoxy groups -OCH3 is 1. The van der Waals surface area contributed by atoms with Crippen molar-refractivity contribution >= 4 is 5.91 Å². The van der Waals surface area contributed by atoms with Crippen LogP contribution in [0.15, 0.2) is 0 Å². The van der Waals surface area contributed by atoms with Gasteiger partial charge in [-0.2, -0.15) is 0 Å². The summed E-state index contributed by atoms with van der Waals surface area (Å²) in [4.78, 5) is 10.5. The molecule has 0 spiro atoms. The number of hydrogen-bond acceptors (Lipinski definition) is 3. The van der Waals surface area contributed by atoms with Crippen molar-refractivity contribution < 1.29 is 14.6 Å². The van der Waals surface area contributed by atoms with Gasteiger partial charge in [-0.3, -0.25) is 4.79 Å². The molecule has 0 aliphatic rings. The van der Waals surface area contributed by atoms with Crippen LogP contribution in [-0.2, 0) is 9.53 Å². The molecular formula is C7H11NO3. The predicted octanol–water partition coefficient (Wildman–Crippen LogP) is -1.26. The molecule has 62 valence electrons. The fourth-order valence-corrected chi connectivity index (χ4v) is 0.568. The van der Waals surface area contributed by atoms with Crippen LogP contribution in [-0.4, -0.2) is 37.4 Å². The fourth-order valence-electron chi connectivity index (χ4n) is 0.568. The van der Waals surface area contributed by atoms with Crippen molar-refractivity contribution in [3.8, 4) is 12.3 Å². The van der Waals surface area contributed by atoms with Gasteiger partial charge in [-0.05, 0) is 5.92 Å². The van der Waals surface area contributed by atoms with Crippen LogP contribution < -0.4 is 5.32 Å². The lowest BCUT2D eigenvalue weighted by Gasteiger charge is -2.12. The second kappa shape index (κ2) is 5.71. The molecule has 0 radical (unpaired) electrons. The summed E-state index contributed by atoms with van der Waals surface area (Å²) >= 11 is 0. The lowest BCUT2D eigenvalue weighted by molar-refractivity contribution is -0.117. The molecule has 1 atom stereocenters. The quantitative estimate of drug-likeness (QED) is 0.501. The molecule has 0 saturated heterocycles. The number of hydrogen-bond donors (Lipinski definition) is 2. The van der Waals surface area contributed by atoms with E-state index in [1.165, 1.54) is 7.11 Å². The van der Waals surface area contributed by atoms with Crippen molar-refractivity contribution in [2.45, 2.75) is 6.04 Å². The zero-order valence-corrected chi connectivity index (χ0v) is 6.33. The van der Waals surface area contributed by atoms with E-state index in [1.807, 2.05) is 5.92 Å². The van der Waals surface area contributed by atoms with Crippen LogP contribution in [0.25, 0.3) is 0 Å². The van der Waals surface area contributed by atoms with Gasteiger partial charge in [0.05, 0.1) is 19.3 Å². The number of nitrogens with one attached hydrogen (secondary N) is 1. The smallest absolute Gasteiger partial charge is 0.296 e. The van der Waals surface area contributed by atoms with Crippen molar-refractivity contribution in [2.24, 2.45) is 0 Å². The molecular weight excluding hydrogens is 146 g/mol. The Morgan fingerprint density at radius 3 is 2.91 bits per heavy atom. The first-order valence-corrected chi connectivity index (χ1v) is 3.11. The van der Waals surface area contributed by atoms with Crippen LogP contribution in [0.2, 0.25) is 0 Å². The van der Waals surface area contributed by atoms with Crippen LogP contribution in [0.4, 0.5) is 0 Å². The van der Waals surface area contributed by atoms with Crippen molar-refractivity contribution in [1.82, 2.24) is 5.32 Å². The summed E-state index contributed by atoms with van der Waals surface area (Å²) in [5, 5.41) is 11.0. The van der Waals surface area contributed by atoms with Crippen LogP contribution in [0.5, 0.6) is 0 Å². The molecule has 1 amide bonds. The van der Waals surface area contributed by atoms with E-state index in [4.69, 9.17) is 16.3 Å². The van der Waals surface area contributed by atoms with Gasteiger partial charge in [-0.25, -0.2) is 0 Å². The first-order valence-electron chi connectivity index (χ1n) is 3.11. The highest BCUT2D eigenvalue weighted by Gasteiger charge is 2.07. The van der Waals surface area contributed by atoms with E-state index < -0.39 is 11.9 Å². The molecule has 2 N–H and O–H groups in total. The number of carbonyl (C=O) groups excluding carboxylic acids is 1. The number of amides is 1. The van der Waals surface area contributed by atoms with E-state index in [0.29, 0.717) is 0 Å². The Hall–Kier alpha value is -1.05. The van der Waals surface area contributed by atoms with E-state index in [1.54, 1.807) is 0 Å². The first kappa shape index (κ1) is 9.95. The average molecular weight is 157 g/mol. The number of rotatable bonds is 4. The second-order valence-corrected chi connectivity index (χ2v) is 1.95. The van der Waals surface area contributed by atoms with E-state index in [9.17, 15) is 4.79 Å². The predicted molar refractivity (Wildman–Crippen MR) is 39.7 cm³/mol. The SMILES string of the molecule is C#CC(=O)NC(CO)COC. The van der Waals surface area contributed by atoms with Crippen LogP contribution in [0, 0.1) is 12.3 Å². The molecule has 0 saturated carbocycles. The lowest BCUT2D eigenvalue weighted by Crippen LogP contribution is -2.39. The molecule has 0 aromatic heterocycles. The Morgan fingerprint density at radius 1 is 1.91 bits per heavy atom. The molecule has 0 aromatic carbocycles. The molecule has 11 heavy (non-hydrogen) atoms. The van der Waals surface area contributed by atoms with Gasteiger partial charge >= 0.3 is 0 Å². The van der Waals surface area contributed by atoms with Gasteiger partial charge < -0.3 is 15.2 Å². The van der Waals surface area contributed by atoms with E-state index in [-0.39, 0.29) is 13.2 Å². The Kier molecular flexibility index (Phi) is 5.17. The molecule has 4 nitrogen and oxygen atoms in total. The first-order chi connectivity index (χ1) is 5.24. The average Bonchev–Trinajstić information content (AvgIpc) is 2.03. The van der Waals surface area contributed by atoms with Crippen molar-refractivity contribution in [2.75, 3.05) is 20.3 Å². The number of terminal acetylenes is 1. The maximum Gasteiger partial charge on any atom is 0.296 e. The number of aliphatic hydroxyl groups excluding tert-OH is 1. The van der Waals surface area contributed by atoms with Gasteiger partial charge in [0.2, 0.25) is 0 Å². The summed E-state index contributed by atoms with van der Waals surface area (Å²) in [5.41, 5.74) is 0. The molecule has 0 bridgehead atoms. The molecule has 0 aromatic rings. The van der Waals surface area contributed by atoms with E-state index >= 15 is 0 Å². The minimum absolute atomic E-state index is 0.179. The maximum absolute atomic E-state index is 10.5. The maximum atomic E-state index is 10.5. The van der Waals surface area contributed by atoms with Crippen LogP contribution in [0.1, 0.15) is 0 Å². The summed E-state index contributed by atoms with van der Waals surface area (Å²) in [7, 11) is 1.48. The Labute approximate surface area is 65.5 Å². The Morgan fingerprint density at radius 2 is 2.55 bits per heavy atom. The van der Waals surface area contributed by atoms with Crippen LogP contribution in [0.3, 0.4) is 0 Å². The molecule has 0 aliphatic carbocycles. The Bertz CT molecular complexity index is 162. The fraction of sp³-hybridized carbons (Fsp3) is 0.571. The van der Waals surface area contributed by atoms with Gasteiger partial charge in [-0.15, -0.1) is 6.42 Å². The number of ether oxygens (including phenoxy) is 1. The highest BCUT2D eigenvalue weighted by molar-refractivity contribution is 5.93. The summed E-state index contributed by atoms with van der Waals surface area (Å²) in [5.74, 6) is 1.33.